The van der Waals surface area contributed by atoms with Crippen molar-refractivity contribution < 1.29 is 4.74 Å². The maximum atomic E-state index is 6.08. The monoisotopic (exact) mass is 194 g/mol. The molecule has 0 aromatic rings. The summed E-state index contributed by atoms with van der Waals surface area (Å²) in [5.74, 6) is 0.221. The topological polar surface area (TPSA) is 9.23 Å². The van der Waals surface area contributed by atoms with E-state index in [4.69, 9.17) is 27.9 Å². The molecule has 0 saturated carbocycles. The predicted molar refractivity (Wildman–Crippen MR) is 47.9 cm³/mol. The first-order chi connectivity index (χ1) is 5.25. The second-order valence-electron chi connectivity index (χ2n) is 2.75. The highest BCUT2D eigenvalue weighted by Crippen LogP contribution is 2.30. The van der Waals surface area contributed by atoms with Crippen molar-refractivity contribution in [2.24, 2.45) is 5.92 Å². The molecule has 0 aliphatic carbocycles. The van der Waals surface area contributed by atoms with Crippen molar-refractivity contribution >= 4 is 23.2 Å². The minimum atomic E-state index is 0.131. The normalized spacial score (nSPS) is 26.1. The highest BCUT2D eigenvalue weighted by molar-refractivity contribution is 6.31. The van der Waals surface area contributed by atoms with Crippen molar-refractivity contribution in [3.05, 3.63) is 11.3 Å². The number of rotatable bonds is 3. The Balaban J connectivity index is 2.41. The minimum absolute atomic E-state index is 0.131. The third-order valence-corrected chi connectivity index (χ3v) is 2.72. The van der Waals surface area contributed by atoms with Gasteiger partial charge in [0, 0.05) is 11.3 Å². The Kier molecular flexibility index (Phi) is 3.53. The van der Waals surface area contributed by atoms with E-state index < -0.39 is 0 Å². The van der Waals surface area contributed by atoms with E-state index in [1.165, 1.54) is 0 Å². The molecule has 1 rings (SSSR count). The zero-order chi connectivity index (χ0) is 8.27. The van der Waals surface area contributed by atoms with Gasteiger partial charge in [0.1, 0.15) is 0 Å². The van der Waals surface area contributed by atoms with Crippen LogP contribution in [0.25, 0.3) is 0 Å². The van der Waals surface area contributed by atoms with Crippen molar-refractivity contribution in [2.45, 2.75) is 25.1 Å². The molecule has 11 heavy (non-hydrogen) atoms. The van der Waals surface area contributed by atoms with Crippen LogP contribution in [0.1, 0.15) is 19.8 Å². The summed E-state index contributed by atoms with van der Waals surface area (Å²) in [6.07, 6.45) is 3.69. The molecule has 0 fully saturated rings. The lowest BCUT2D eigenvalue weighted by atomic mass is 10.0. The van der Waals surface area contributed by atoms with Gasteiger partial charge in [-0.15, -0.1) is 11.6 Å². The van der Waals surface area contributed by atoms with Crippen molar-refractivity contribution in [2.75, 3.05) is 6.61 Å². The van der Waals surface area contributed by atoms with Crippen LogP contribution >= 0.6 is 23.2 Å². The standard InChI is InChI=1S/C8H12Cl2O/c1-2-3-7(9)6-4-11-5-8(6)10/h5-7H,2-4H2,1H3. The quantitative estimate of drug-likeness (QED) is 0.628. The Bertz CT molecular complexity index is 156. The second kappa shape index (κ2) is 4.22. The average Bonchev–Trinajstić information content (AvgIpc) is 2.36. The van der Waals surface area contributed by atoms with E-state index in [-0.39, 0.29) is 11.3 Å². The minimum Gasteiger partial charge on any atom is -0.499 e. The van der Waals surface area contributed by atoms with E-state index in [0.29, 0.717) is 6.61 Å². The van der Waals surface area contributed by atoms with Crippen LogP contribution in [0.5, 0.6) is 0 Å². The summed E-state index contributed by atoms with van der Waals surface area (Å²) in [7, 11) is 0. The van der Waals surface area contributed by atoms with Crippen LogP contribution in [0.2, 0.25) is 0 Å². The van der Waals surface area contributed by atoms with Crippen LogP contribution in [0.3, 0.4) is 0 Å². The number of alkyl halides is 1. The van der Waals surface area contributed by atoms with Gasteiger partial charge in [-0.2, -0.15) is 0 Å². The Morgan fingerprint density at radius 3 is 3.00 bits per heavy atom. The molecular weight excluding hydrogens is 183 g/mol. The van der Waals surface area contributed by atoms with E-state index >= 15 is 0 Å². The predicted octanol–water partition coefficient (Wildman–Crippen LogP) is 3.12. The van der Waals surface area contributed by atoms with Gasteiger partial charge in [-0.05, 0) is 6.42 Å². The molecule has 3 heteroatoms. The van der Waals surface area contributed by atoms with Crippen molar-refractivity contribution in [3.8, 4) is 0 Å². The number of ether oxygens (including phenoxy) is 1. The van der Waals surface area contributed by atoms with Gasteiger partial charge in [0.15, 0.2) is 0 Å². The molecule has 1 heterocycles. The summed E-state index contributed by atoms with van der Waals surface area (Å²) in [6.45, 7) is 2.76. The van der Waals surface area contributed by atoms with Crippen molar-refractivity contribution in [1.82, 2.24) is 0 Å². The van der Waals surface area contributed by atoms with Crippen LogP contribution in [-0.2, 0) is 4.74 Å². The van der Waals surface area contributed by atoms with Gasteiger partial charge in [0.2, 0.25) is 0 Å². The first kappa shape index (κ1) is 9.21. The fourth-order valence-corrected chi connectivity index (χ4v) is 1.92. The van der Waals surface area contributed by atoms with Crippen LogP contribution in [0.15, 0.2) is 11.3 Å². The maximum absolute atomic E-state index is 6.08. The Morgan fingerprint density at radius 2 is 2.55 bits per heavy atom. The van der Waals surface area contributed by atoms with Gasteiger partial charge in [0.25, 0.3) is 0 Å². The molecule has 0 radical (unpaired) electrons. The largest absolute Gasteiger partial charge is 0.499 e. The van der Waals surface area contributed by atoms with Crippen LogP contribution in [0.4, 0.5) is 0 Å². The Hall–Kier alpha value is 0.120. The molecule has 0 N–H and O–H groups in total. The molecule has 0 saturated heterocycles. The summed E-state index contributed by atoms with van der Waals surface area (Å²) < 4.78 is 5.06. The summed E-state index contributed by atoms with van der Waals surface area (Å²) in [5.41, 5.74) is 0. The van der Waals surface area contributed by atoms with Crippen molar-refractivity contribution in [1.29, 1.82) is 0 Å². The first-order valence-electron chi connectivity index (χ1n) is 3.87. The number of hydrogen-bond donors (Lipinski definition) is 0. The van der Waals surface area contributed by atoms with E-state index in [1.807, 2.05) is 0 Å². The van der Waals surface area contributed by atoms with Crippen LogP contribution in [-0.4, -0.2) is 12.0 Å². The zero-order valence-electron chi connectivity index (χ0n) is 6.52. The first-order valence-corrected chi connectivity index (χ1v) is 4.68. The van der Waals surface area contributed by atoms with Gasteiger partial charge >= 0.3 is 0 Å². The van der Waals surface area contributed by atoms with Crippen molar-refractivity contribution in [3.63, 3.8) is 0 Å². The number of hydrogen-bond acceptors (Lipinski definition) is 1. The lowest BCUT2D eigenvalue weighted by Crippen LogP contribution is -2.16. The molecule has 0 bridgehead atoms. The summed E-state index contributed by atoms with van der Waals surface area (Å²) in [5, 5.41) is 0.893. The van der Waals surface area contributed by atoms with Crippen LogP contribution in [0, 0.1) is 5.92 Å². The summed E-state index contributed by atoms with van der Waals surface area (Å²) >= 11 is 11.9. The molecule has 64 valence electrons. The van der Waals surface area contributed by atoms with E-state index in [2.05, 4.69) is 6.92 Å². The van der Waals surface area contributed by atoms with Gasteiger partial charge in [-0.1, -0.05) is 24.9 Å². The third-order valence-electron chi connectivity index (χ3n) is 1.83. The fourth-order valence-electron chi connectivity index (χ4n) is 1.15. The smallest absolute Gasteiger partial charge is 0.0979 e. The molecule has 1 nitrogen and oxygen atoms in total. The molecule has 2 unspecified atom stereocenters. The Morgan fingerprint density at radius 1 is 1.82 bits per heavy atom. The highest BCUT2D eigenvalue weighted by atomic mass is 35.5. The van der Waals surface area contributed by atoms with E-state index in [9.17, 15) is 0 Å². The van der Waals surface area contributed by atoms with Gasteiger partial charge in [-0.25, -0.2) is 0 Å². The molecule has 0 amide bonds. The highest BCUT2D eigenvalue weighted by Gasteiger charge is 2.26. The van der Waals surface area contributed by atoms with Crippen LogP contribution < -0.4 is 0 Å². The molecular formula is C8H12Cl2O. The Labute approximate surface area is 77.3 Å². The van der Waals surface area contributed by atoms with Gasteiger partial charge in [-0.3, -0.25) is 0 Å². The van der Waals surface area contributed by atoms with E-state index in [1.54, 1.807) is 6.26 Å². The number of halogens is 2. The third kappa shape index (κ3) is 2.28. The SMILES string of the molecule is CCCC(Cl)C1COC=C1Cl. The van der Waals surface area contributed by atoms with Gasteiger partial charge in [0.05, 0.1) is 17.9 Å². The second-order valence-corrected chi connectivity index (χ2v) is 3.74. The molecule has 0 aromatic carbocycles. The fraction of sp³-hybridized carbons (Fsp3) is 0.750. The lowest BCUT2D eigenvalue weighted by Gasteiger charge is -2.14. The molecule has 1 aliphatic heterocycles. The summed E-state index contributed by atoms with van der Waals surface area (Å²) in [4.78, 5) is 0. The maximum Gasteiger partial charge on any atom is 0.0979 e. The van der Waals surface area contributed by atoms with E-state index in [0.717, 1.165) is 17.9 Å². The summed E-state index contributed by atoms with van der Waals surface area (Å²) in [6, 6.07) is 0. The molecule has 2 atom stereocenters. The molecule has 1 aliphatic rings. The molecule has 0 spiro atoms. The molecule has 0 aromatic heterocycles. The lowest BCUT2D eigenvalue weighted by molar-refractivity contribution is 0.244. The zero-order valence-corrected chi connectivity index (χ0v) is 8.03. The van der Waals surface area contributed by atoms with Gasteiger partial charge < -0.3 is 4.74 Å². The average molecular weight is 195 g/mol.